The molecule has 23 heavy (non-hydrogen) atoms. The molecule has 0 unspecified atom stereocenters. The van der Waals surface area contributed by atoms with Crippen molar-refractivity contribution in [3.8, 4) is 0 Å². The van der Waals surface area contributed by atoms with Crippen LogP contribution in [0.4, 0.5) is 0 Å². The standard InChI is InChI=1S/C18H25N3O2/c1-12(2)7-6-8-13(3)19-17(22)11-16-14-9-4-5-10-15(14)18(23)21-20-16/h4-5,9-10,12-13H,6-8,11H2,1-3H3,(H,19,22)(H,21,23)/t13-/m0/s1. The molecule has 1 aromatic carbocycles. The van der Waals surface area contributed by atoms with E-state index in [1.165, 1.54) is 6.42 Å². The number of nitrogens with zero attached hydrogens (tertiary/aromatic N) is 1. The van der Waals surface area contributed by atoms with Crippen LogP contribution in [-0.4, -0.2) is 22.1 Å². The molecule has 0 spiro atoms. The zero-order valence-corrected chi connectivity index (χ0v) is 14.1. The van der Waals surface area contributed by atoms with Gasteiger partial charge in [0.1, 0.15) is 0 Å². The van der Waals surface area contributed by atoms with Gasteiger partial charge in [-0.1, -0.05) is 44.9 Å². The van der Waals surface area contributed by atoms with Crippen molar-refractivity contribution >= 4 is 16.7 Å². The van der Waals surface area contributed by atoms with Gasteiger partial charge < -0.3 is 5.32 Å². The SMILES string of the molecule is CC(C)CCC[C@H](C)NC(=O)Cc1n[nH]c(=O)c2ccccc12. The maximum absolute atomic E-state index is 12.2. The van der Waals surface area contributed by atoms with E-state index in [0.717, 1.165) is 18.2 Å². The molecule has 0 aliphatic heterocycles. The minimum Gasteiger partial charge on any atom is -0.353 e. The highest BCUT2D eigenvalue weighted by molar-refractivity contribution is 5.88. The van der Waals surface area contributed by atoms with Gasteiger partial charge in [0.15, 0.2) is 0 Å². The Balaban J connectivity index is 1.98. The van der Waals surface area contributed by atoms with Crippen molar-refractivity contribution in [1.82, 2.24) is 15.5 Å². The lowest BCUT2D eigenvalue weighted by Gasteiger charge is -2.14. The van der Waals surface area contributed by atoms with Crippen molar-refractivity contribution in [3.63, 3.8) is 0 Å². The van der Waals surface area contributed by atoms with Gasteiger partial charge >= 0.3 is 0 Å². The maximum atomic E-state index is 12.2. The molecule has 1 atom stereocenters. The third kappa shape index (κ3) is 4.91. The average molecular weight is 315 g/mol. The van der Waals surface area contributed by atoms with E-state index < -0.39 is 0 Å². The molecule has 0 saturated carbocycles. The zero-order chi connectivity index (χ0) is 16.8. The van der Waals surface area contributed by atoms with Gasteiger partial charge in [0.25, 0.3) is 5.56 Å². The van der Waals surface area contributed by atoms with Crippen LogP contribution in [0.2, 0.25) is 0 Å². The summed E-state index contributed by atoms with van der Waals surface area (Å²) >= 11 is 0. The number of H-pyrrole nitrogens is 1. The van der Waals surface area contributed by atoms with E-state index in [4.69, 9.17) is 0 Å². The van der Waals surface area contributed by atoms with Gasteiger partial charge in [-0.25, -0.2) is 5.10 Å². The van der Waals surface area contributed by atoms with Gasteiger partial charge in [-0.3, -0.25) is 9.59 Å². The molecule has 0 aliphatic carbocycles. The molecule has 1 amide bonds. The minimum absolute atomic E-state index is 0.0632. The summed E-state index contributed by atoms with van der Waals surface area (Å²) < 4.78 is 0. The van der Waals surface area contributed by atoms with Crippen LogP contribution in [0.5, 0.6) is 0 Å². The summed E-state index contributed by atoms with van der Waals surface area (Å²) in [7, 11) is 0. The zero-order valence-electron chi connectivity index (χ0n) is 14.1. The Labute approximate surface area is 136 Å². The molecule has 0 aliphatic rings. The number of benzene rings is 1. The Hall–Kier alpha value is -2.17. The van der Waals surface area contributed by atoms with Gasteiger partial charge in [-0.05, 0) is 25.3 Å². The van der Waals surface area contributed by atoms with Gasteiger partial charge in [-0.15, -0.1) is 0 Å². The molecule has 2 rings (SSSR count). The third-order valence-corrected chi connectivity index (χ3v) is 3.93. The highest BCUT2D eigenvalue weighted by Crippen LogP contribution is 2.13. The molecular formula is C18H25N3O2. The fraction of sp³-hybridized carbons (Fsp3) is 0.500. The topological polar surface area (TPSA) is 74.8 Å². The van der Waals surface area contributed by atoms with Crippen molar-refractivity contribution in [3.05, 3.63) is 40.3 Å². The molecule has 0 saturated heterocycles. The van der Waals surface area contributed by atoms with E-state index in [-0.39, 0.29) is 23.9 Å². The molecular weight excluding hydrogens is 290 g/mol. The number of aromatic amines is 1. The first-order valence-corrected chi connectivity index (χ1v) is 8.23. The molecule has 0 bridgehead atoms. The first-order chi connectivity index (χ1) is 11.0. The van der Waals surface area contributed by atoms with E-state index in [9.17, 15) is 9.59 Å². The monoisotopic (exact) mass is 315 g/mol. The maximum Gasteiger partial charge on any atom is 0.272 e. The van der Waals surface area contributed by atoms with Crippen molar-refractivity contribution in [2.24, 2.45) is 5.92 Å². The Kier molecular flexibility index (Phi) is 5.90. The van der Waals surface area contributed by atoms with Gasteiger partial charge in [0.2, 0.25) is 5.91 Å². The summed E-state index contributed by atoms with van der Waals surface area (Å²) in [6, 6.07) is 7.37. The number of carbonyl (C=O) groups excluding carboxylic acids is 1. The molecule has 1 heterocycles. The number of fused-ring (bicyclic) bond motifs is 1. The summed E-state index contributed by atoms with van der Waals surface area (Å²) in [4.78, 5) is 24.0. The van der Waals surface area contributed by atoms with Crippen LogP contribution in [0.3, 0.4) is 0 Å². The van der Waals surface area contributed by atoms with Gasteiger partial charge in [-0.2, -0.15) is 5.10 Å². The second kappa shape index (κ2) is 7.90. The van der Waals surface area contributed by atoms with Crippen molar-refractivity contribution < 1.29 is 4.79 Å². The first kappa shape index (κ1) is 17.2. The molecule has 2 aromatic rings. The van der Waals surface area contributed by atoms with E-state index in [2.05, 4.69) is 29.4 Å². The van der Waals surface area contributed by atoms with Crippen LogP contribution in [0.25, 0.3) is 10.8 Å². The molecule has 0 fully saturated rings. The highest BCUT2D eigenvalue weighted by Gasteiger charge is 2.12. The summed E-state index contributed by atoms with van der Waals surface area (Å²) in [5, 5.41) is 10.8. The Morgan fingerprint density at radius 3 is 2.57 bits per heavy atom. The van der Waals surface area contributed by atoms with Crippen LogP contribution in [0.15, 0.2) is 29.1 Å². The number of hydrogen-bond donors (Lipinski definition) is 2. The number of amides is 1. The average Bonchev–Trinajstić information content (AvgIpc) is 2.50. The summed E-state index contributed by atoms with van der Waals surface area (Å²) in [5.41, 5.74) is 0.374. The second-order valence-corrected chi connectivity index (χ2v) is 6.52. The van der Waals surface area contributed by atoms with Crippen LogP contribution < -0.4 is 10.9 Å². The van der Waals surface area contributed by atoms with Gasteiger partial charge in [0, 0.05) is 11.4 Å². The lowest BCUT2D eigenvalue weighted by atomic mass is 10.0. The normalized spacial score (nSPS) is 12.5. The van der Waals surface area contributed by atoms with E-state index in [0.29, 0.717) is 17.0 Å². The fourth-order valence-electron chi connectivity index (χ4n) is 2.69. The fourth-order valence-corrected chi connectivity index (χ4v) is 2.69. The van der Waals surface area contributed by atoms with E-state index in [1.807, 2.05) is 19.1 Å². The summed E-state index contributed by atoms with van der Waals surface area (Å²) in [5.74, 6) is 0.626. The molecule has 124 valence electrons. The van der Waals surface area contributed by atoms with Crippen LogP contribution >= 0.6 is 0 Å². The van der Waals surface area contributed by atoms with E-state index >= 15 is 0 Å². The largest absolute Gasteiger partial charge is 0.353 e. The quantitative estimate of drug-likeness (QED) is 0.825. The summed E-state index contributed by atoms with van der Waals surface area (Å²) in [6.07, 6.45) is 3.43. The number of rotatable bonds is 7. The number of aromatic nitrogens is 2. The predicted octanol–water partition coefficient (Wildman–Crippen LogP) is 2.80. The Morgan fingerprint density at radius 1 is 1.17 bits per heavy atom. The summed E-state index contributed by atoms with van der Waals surface area (Å²) in [6.45, 7) is 6.43. The third-order valence-electron chi connectivity index (χ3n) is 3.93. The van der Waals surface area contributed by atoms with Gasteiger partial charge in [0.05, 0.1) is 17.5 Å². The Bertz CT molecular complexity index is 722. The lowest BCUT2D eigenvalue weighted by Crippen LogP contribution is -2.34. The number of nitrogens with one attached hydrogen (secondary N) is 2. The predicted molar refractivity (Wildman–Crippen MR) is 92.4 cm³/mol. The van der Waals surface area contributed by atoms with Crippen LogP contribution in [0.1, 0.15) is 45.7 Å². The molecule has 0 radical (unpaired) electrons. The molecule has 5 nitrogen and oxygen atoms in total. The smallest absolute Gasteiger partial charge is 0.272 e. The first-order valence-electron chi connectivity index (χ1n) is 8.23. The van der Waals surface area contributed by atoms with Crippen LogP contribution in [0, 0.1) is 5.92 Å². The minimum atomic E-state index is -0.230. The highest BCUT2D eigenvalue weighted by atomic mass is 16.1. The number of carbonyl (C=O) groups is 1. The Morgan fingerprint density at radius 2 is 1.87 bits per heavy atom. The number of hydrogen-bond acceptors (Lipinski definition) is 3. The van der Waals surface area contributed by atoms with Crippen molar-refractivity contribution in [2.45, 2.75) is 52.5 Å². The molecule has 1 aromatic heterocycles. The second-order valence-electron chi connectivity index (χ2n) is 6.52. The molecule has 5 heteroatoms. The molecule has 2 N–H and O–H groups in total. The van der Waals surface area contributed by atoms with Crippen molar-refractivity contribution in [1.29, 1.82) is 0 Å². The lowest BCUT2D eigenvalue weighted by molar-refractivity contribution is -0.121. The van der Waals surface area contributed by atoms with E-state index in [1.54, 1.807) is 12.1 Å². The van der Waals surface area contributed by atoms with Crippen molar-refractivity contribution in [2.75, 3.05) is 0 Å². The van der Waals surface area contributed by atoms with Crippen LogP contribution in [-0.2, 0) is 11.2 Å².